The van der Waals surface area contributed by atoms with Gasteiger partial charge in [-0.2, -0.15) is 5.10 Å². The van der Waals surface area contributed by atoms with E-state index in [1.54, 1.807) is 13.1 Å². The minimum absolute atomic E-state index is 0.281. The van der Waals surface area contributed by atoms with Gasteiger partial charge < -0.3 is 4.74 Å². The summed E-state index contributed by atoms with van der Waals surface area (Å²) in [5.74, 6) is 0.191. The number of aromatic nitrogens is 2. The molecule has 0 bridgehead atoms. The van der Waals surface area contributed by atoms with Gasteiger partial charge in [0, 0.05) is 0 Å². The smallest absolute Gasteiger partial charge is 0.341 e. The van der Waals surface area contributed by atoms with E-state index in [0.717, 1.165) is 5.69 Å². The molecule has 0 saturated heterocycles. The van der Waals surface area contributed by atoms with E-state index in [1.165, 1.54) is 0 Å². The fourth-order valence-corrected chi connectivity index (χ4v) is 1.53. The largest absolute Gasteiger partial charge is 0.462 e. The molecule has 0 radical (unpaired) electrons. The molecule has 0 aliphatic rings. The number of hydrogen-bond donors (Lipinski definition) is 0. The first-order valence-electron chi connectivity index (χ1n) is 5.70. The fraction of sp³-hybridized carbons (Fsp3) is 0.667. The zero-order chi connectivity index (χ0) is 12.3. The number of nitrogens with zero attached hydrogens (tertiary/aromatic N) is 2. The third kappa shape index (κ3) is 2.43. The maximum atomic E-state index is 11.6. The summed E-state index contributed by atoms with van der Waals surface area (Å²) in [6.45, 7) is 10.5. The van der Waals surface area contributed by atoms with E-state index in [2.05, 4.69) is 25.9 Å². The first kappa shape index (κ1) is 12.7. The van der Waals surface area contributed by atoms with Crippen LogP contribution in [0.1, 0.15) is 49.8 Å². The minimum atomic E-state index is -0.290. The zero-order valence-corrected chi connectivity index (χ0v) is 10.7. The van der Waals surface area contributed by atoms with E-state index in [-0.39, 0.29) is 12.0 Å². The van der Waals surface area contributed by atoms with Gasteiger partial charge in [-0.3, -0.25) is 4.68 Å². The molecule has 16 heavy (non-hydrogen) atoms. The van der Waals surface area contributed by atoms with Crippen molar-refractivity contribution in [2.45, 2.75) is 40.7 Å². The highest BCUT2D eigenvalue weighted by atomic mass is 16.5. The topological polar surface area (TPSA) is 44.1 Å². The molecule has 1 aromatic heterocycles. The maximum absolute atomic E-state index is 11.6. The van der Waals surface area contributed by atoms with Crippen LogP contribution in [0.5, 0.6) is 0 Å². The Morgan fingerprint density at radius 1 is 1.50 bits per heavy atom. The summed E-state index contributed by atoms with van der Waals surface area (Å²) in [6, 6.07) is 0.281. The number of ether oxygens (including phenoxy) is 1. The lowest BCUT2D eigenvalue weighted by Crippen LogP contribution is -2.15. The lowest BCUT2D eigenvalue weighted by molar-refractivity contribution is 0.0525. The fourth-order valence-electron chi connectivity index (χ4n) is 1.53. The van der Waals surface area contributed by atoms with Crippen molar-refractivity contribution in [3.05, 3.63) is 17.5 Å². The molecule has 0 N–H and O–H groups in total. The van der Waals surface area contributed by atoms with Gasteiger partial charge >= 0.3 is 5.97 Å². The Morgan fingerprint density at radius 3 is 2.62 bits per heavy atom. The van der Waals surface area contributed by atoms with E-state index in [1.807, 2.05) is 11.6 Å². The Bertz CT molecular complexity index is 369. The van der Waals surface area contributed by atoms with Crippen molar-refractivity contribution in [1.82, 2.24) is 9.78 Å². The van der Waals surface area contributed by atoms with Crippen LogP contribution in [0.2, 0.25) is 0 Å². The van der Waals surface area contributed by atoms with Gasteiger partial charge in [0.2, 0.25) is 0 Å². The molecule has 4 nitrogen and oxygen atoms in total. The van der Waals surface area contributed by atoms with Crippen LogP contribution in [0.3, 0.4) is 0 Å². The van der Waals surface area contributed by atoms with E-state index in [9.17, 15) is 4.79 Å². The van der Waals surface area contributed by atoms with Crippen LogP contribution < -0.4 is 0 Å². The number of hydrogen-bond acceptors (Lipinski definition) is 3. The summed E-state index contributed by atoms with van der Waals surface area (Å²) in [4.78, 5) is 11.6. The lowest BCUT2D eigenvalue weighted by Gasteiger charge is -2.18. The maximum Gasteiger partial charge on any atom is 0.341 e. The van der Waals surface area contributed by atoms with Gasteiger partial charge in [-0.15, -0.1) is 0 Å². The van der Waals surface area contributed by atoms with Crippen LogP contribution in [0.15, 0.2) is 6.20 Å². The number of rotatable bonds is 4. The van der Waals surface area contributed by atoms with E-state index < -0.39 is 0 Å². The van der Waals surface area contributed by atoms with Gasteiger partial charge in [0.15, 0.2) is 0 Å². The normalized spacial score (nSPS) is 12.9. The van der Waals surface area contributed by atoms with Crippen molar-refractivity contribution in [2.24, 2.45) is 5.92 Å². The Morgan fingerprint density at radius 2 is 2.12 bits per heavy atom. The molecule has 1 rings (SSSR count). The van der Waals surface area contributed by atoms with Crippen LogP contribution in [-0.4, -0.2) is 22.4 Å². The summed E-state index contributed by atoms with van der Waals surface area (Å²) >= 11 is 0. The number of carbonyl (C=O) groups is 1. The molecule has 0 fully saturated rings. The number of carbonyl (C=O) groups excluding carboxylic acids is 1. The Balaban J connectivity index is 2.96. The zero-order valence-electron chi connectivity index (χ0n) is 10.7. The predicted octanol–water partition coefficient (Wildman–Crippen LogP) is 2.59. The number of esters is 1. The molecule has 1 heterocycles. The van der Waals surface area contributed by atoms with Crippen LogP contribution in [0.25, 0.3) is 0 Å². The van der Waals surface area contributed by atoms with Gasteiger partial charge in [-0.1, -0.05) is 13.8 Å². The summed E-state index contributed by atoms with van der Waals surface area (Å²) in [5.41, 5.74) is 1.44. The molecule has 0 saturated carbocycles. The quantitative estimate of drug-likeness (QED) is 0.738. The highest BCUT2D eigenvalue weighted by molar-refractivity contribution is 5.90. The summed E-state index contributed by atoms with van der Waals surface area (Å²) in [5, 5.41) is 4.26. The Kier molecular flexibility index (Phi) is 4.10. The minimum Gasteiger partial charge on any atom is -0.462 e. The van der Waals surface area contributed by atoms with Crippen molar-refractivity contribution in [3.63, 3.8) is 0 Å². The van der Waals surface area contributed by atoms with Crippen molar-refractivity contribution in [3.8, 4) is 0 Å². The molecule has 1 atom stereocenters. The Hall–Kier alpha value is -1.32. The van der Waals surface area contributed by atoms with Gasteiger partial charge in [0.05, 0.1) is 24.5 Å². The second kappa shape index (κ2) is 5.14. The van der Waals surface area contributed by atoms with Gasteiger partial charge in [0.1, 0.15) is 5.56 Å². The molecule has 0 amide bonds. The lowest BCUT2D eigenvalue weighted by atomic mass is 10.1. The van der Waals surface area contributed by atoms with Crippen molar-refractivity contribution < 1.29 is 9.53 Å². The molecule has 0 aliphatic carbocycles. The molecule has 0 spiro atoms. The second-order valence-corrected chi connectivity index (χ2v) is 4.29. The predicted molar refractivity (Wildman–Crippen MR) is 62.5 cm³/mol. The highest BCUT2D eigenvalue weighted by Gasteiger charge is 2.19. The van der Waals surface area contributed by atoms with E-state index in [4.69, 9.17) is 4.74 Å². The third-order valence-corrected chi connectivity index (χ3v) is 2.89. The molecular weight excluding hydrogens is 204 g/mol. The average molecular weight is 224 g/mol. The molecular formula is C12H20N2O2. The van der Waals surface area contributed by atoms with Crippen molar-refractivity contribution in [2.75, 3.05) is 6.61 Å². The van der Waals surface area contributed by atoms with E-state index in [0.29, 0.717) is 18.1 Å². The highest BCUT2D eigenvalue weighted by Crippen LogP contribution is 2.20. The van der Waals surface area contributed by atoms with Crippen LogP contribution in [0, 0.1) is 12.8 Å². The van der Waals surface area contributed by atoms with Crippen molar-refractivity contribution in [1.29, 1.82) is 0 Å². The molecule has 1 aromatic rings. The first-order valence-corrected chi connectivity index (χ1v) is 5.70. The molecule has 0 aromatic carbocycles. The SMILES string of the molecule is CCOC(=O)c1cnn(C(C)C(C)C)c1C. The van der Waals surface area contributed by atoms with Crippen molar-refractivity contribution >= 4 is 5.97 Å². The third-order valence-electron chi connectivity index (χ3n) is 2.89. The van der Waals surface area contributed by atoms with E-state index >= 15 is 0 Å². The first-order chi connectivity index (χ1) is 7.49. The Labute approximate surface area is 96.6 Å². The molecule has 90 valence electrons. The molecule has 1 unspecified atom stereocenters. The second-order valence-electron chi connectivity index (χ2n) is 4.29. The standard InChI is InChI=1S/C12H20N2O2/c1-6-16-12(15)11-7-13-14(10(11)5)9(4)8(2)3/h7-9H,6H2,1-5H3. The summed E-state index contributed by atoms with van der Waals surface area (Å²) in [6.07, 6.45) is 1.59. The molecule has 4 heteroatoms. The van der Waals surface area contributed by atoms with Gasteiger partial charge in [-0.25, -0.2) is 4.79 Å². The summed E-state index contributed by atoms with van der Waals surface area (Å²) < 4.78 is 6.86. The van der Waals surface area contributed by atoms with Crippen LogP contribution >= 0.6 is 0 Å². The summed E-state index contributed by atoms with van der Waals surface area (Å²) in [7, 11) is 0. The average Bonchev–Trinajstić information content (AvgIpc) is 2.59. The van der Waals surface area contributed by atoms with Gasteiger partial charge in [-0.05, 0) is 26.7 Å². The van der Waals surface area contributed by atoms with Gasteiger partial charge in [0.25, 0.3) is 0 Å². The molecule has 0 aliphatic heterocycles. The monoisotopic (exact) mass is 224 g/mol. The van der Waals surface area contributed by atoms with Crippen LogP contribution in [-0.2, 0) is 4.74 Å². The van der Waals surface area contributed by atoms with Crippen LogP contribution in [0.4, 0.5) is 0 Å².